The van der Waals surface area contributed by atoms with E-state index >= 15 is 0 Å². The molecule has 2 heterocycles. The second-order valence-corrected chi connectivity index (χ2v) is 7.79. The van der Waals surface area contributed by atoms with Crippen LogP contribution in [0.1, 0.15) is 36.0 Å². The summed E-state index contributed by atoms with van der Waals surface area (Å²) in [5.41, 5.74) is 1.86. The van der Waals surface area contributed by atoms with Crippen molar-refractivity contribution in [2.75, 3.05) is 36.5 Å². The summed E-state index contributed by atoms with van der Waals surface area (Å²) in [7, 11) is 0. The third kappa shape index (κ3) is 5.14. The molecule has 2 aliphatic heterocycles. The van der Waals surface area contributed by atoms with Gasteiger partial charge < -0.3 is 20.3 Å². The summed E-state index contributed by atoms with van der Waals surface area (Å²) in [4.78, 5) is 14.6. The number of benzene rings is 2. The summed E-state index contributed by atoms with van der Waals surface area (Å²) in [6, 6.07) is 14.3. The van der Waals surface area contributed by atoms with Gasteiger partial charge in [-0.25, -0.2) is 4.39 Å². The number of hydrogen-bond donors (Lipinski definition) is 2. The summed E-state index contributed by atoms with van der Waals surface area (Å²) >= 11 is 0. The van der Waals surface area contributed by atoms with E-state index in [0.29, 0.717) is 17.8 Å². The Morgan fingerprint density at radius 3 is 2.52 bits per heavy atom. The maximum atomic E-state index is 13.7. The van der Waals surface area contributed by atoms with E-state index < -0.39 is 11.7 Å². The minimum absolute atomic E-state index is 0.0501. The molecule has 0 saturated carbocycles. The van der Waals surface area contributed by atoms with Gasteiger partial charge in [-0.1, -0.05) is 12.1 Å². The molecule has 2 aliphatic rings. The lowest BCUT2D eigenvalue weighted by atomic mass is 10.0. The number of rotatable bonds is 6. The first-order chi connectivity index (χ1) is 14.2. The number of amides is 1. The third-order valence-electron chi connectivity index (χ3n) is 5.76. The fourth-order valence-electron chi connectivity index (χ4n) is 4.04. The maximum Gasteiger partial charge on any atom is 0.258 e. The van der Waals surface area contributed by atoms with Crippen molar-refractivity contribution in [1.29, 1.82) is 0 Å². The van der Waals surface area contributed by atoms with Crippen LogP contribution in [0.2, 0.25) is 0 Å². The standard InChI is InChI=1S/C23H28FN3O2/c24-22-6-2-1-5-21(22)23(28)26-18-7-9-19(10-8-18)27-13-11-17(12-14-27)25-16-20-4-3-15-29-20/h1-2,5-10,17,20,25H,3-4,11-16H2,(H,26,28). The molecular formula is C23H28FN3O2. The first-order valence-electron chi connectivity index (χ1n) is 10.4. The molecule has 154 valence electrons. The van der Waals surface area contributed by atoms with Crippen molar-refractivity contribution in [1.82, 2.24) is 5.32 Å². The van der Waals surface area contributed by atoms with Gasteiger partial charge in [-0.05, 0) is 62.1 Å². The average Bonchev–Trinajstić information content (AvgIpc) is 3.27. The van der Waals surface area contributed by atoms with Crippen molar-refractivity contribution in [3.05, 3.63) is 59.9 Å². The lowest BCUT2D eigenvalue weighted by Crippen LogP contribution is -2.44. The zero-order valence-electron chi connectivity index (χ0n) is 16.6. The van der Waals surface area contributed by atoms with Gasteiger partial charge in [0.2, 0.25) is 0 Å². The highest BCUT2D eigenvalue weighted by atomic mass is 19.1. The molecule has 6 heteroatoms. The molecule has 0 bridgehead atoms. The summed E-state index contributed by atoms with van der Waals surface area (Å²) in [5, 5.41) is 6.42. The molecule has 2 N–H and O–H groups in total. The summed E-state index contributed by atoms with van der Waals surface area (Å²) < 4.78 is 19.4. The largest absolute Gasteiger partial charge is 0.377 e. The topological polar surface area (TPSA) is 53.6 Å². The number of nitrogens with one attached hydrogen (secondary N) is 2. The van der Waals surface area contributed by atoms with Crippen LogP contribution in [-0.2, 0) is 4.74 Å². The van der Waals surface area contributed by atoms with E-state index in [9.17, 15) is 9.18 Å². The van der Waals surface area contributed by atoms with Crippen LogP contribution in [0, 0.1) is 5.82 Å². The summed E-state index contributed by atoms with van der Waals surface area (Å²) in [6.45, 7) is 3.87. The zero-order chi connectivity index (χ0) is 20.1. The van der Waals surface area contributed by atoms with E-state index in [4.69, 9.17) is 4.74 Å². The van der Waals surface area contributed by atoms with Crippen molar-refractivity contribution in [2.24, 2.45) is 0 Å². The molecule has 2 aromatic carbocycles. The van der Waals surface area contributed by atoms with E-state index in [1.54, 1.807) is 12.1 Å². The Hall–Kier alpha value is -2.44. The molecule has 2 fully saturated rings. The van der Waals surface area contributed by atoms with Gasteiger partial charge in [0, 0.05) is 43.7 Å². The summed E-state index contributed by atoms with van der Waals surface area (Å²) in [6.07, 6.45) is 4.96. The Morgan fingerprint density at radius 1 is 1.07 bits per heavy atom. The van der Waals surface area contributed by atoms with E-state index in [-0.39, 0.29) is 5.56 Å². The van der Waals surface area contributed by atoms with E-state index in [1.165, 1.54) is 25.0 Å². The smallest absolute Gasteiger partial charge is 0.258 e. The van der Waals surface area contributed by atoms with Crippen molar-refractivity contribution >= 4 is 17.3 Å². The Kier molecular flexibility index (Phi) is 6.42. The fourth-order valence-corrected chi connectivity index (χ4v) is 4.04. The van der Waals surface area contributed by atoms with Gasteiger partial charge in [0.15, 0.2) is 0 Å². The molecular weight excluding hydrogens is 369 g/mol. The van der Waals surface area contributed by atoms with Crippen molar-refractivity contribution < 1.29 is 13.9 Å². The van der Waals surface area contributed by atoms with Crippen LogP contribution < -0.4 is 15.5 Å². The molecule has 0 spiro atoms. The molecule has 29 heavy (non-hydrogen) atoms. The number of piperidine rings is 1. The van der Waals surface area contributed by atoms with Crippen LogP contribution in [0.3, 0.4) is 0 Å². The van der Waals surface area contributed by atoms with Crippen LogP contribution in [0.15, 0.2) is 48.5 Å². The Balaban J connectivity index is 1.26. The monoisotopic (exact) mass is 397 g/mol. The third-order valence-corrected chi connectivity index (χ3v) is 5.76. The van der Waals surface area contributed by atoms with Crippen molar-refractivity contribution in [3.63, 3.8) is 0 Å². The first kappa shape index (κ1) is 19.9. The Labute approximate surface area is 171 Å². The Bertz CT molecular complexity index is 813. The number of anilines is 2. The molecule has 0 aliphatic carbocycles. The molecule has 2 aromatic rings. The Morgan fingerprint density at radius 2 is 1.83 bits per heavy atom. The van der Waals surface area contributed by atoms with Crippen LogP contribution in [-0.4, -0.2) is 44.3 Å². The van der Waals surface area contributed by atoms with Crippen LogP contribution in [0.25, 0.3) is 0 Å². The maximum absolute atomic E-state index is 13.7. The van der Waals surface area contributed by atoms with Crippen molar-refractivity contribution in [2.45, 2.75) is 37.8 Å². The molecule has 5 nitrogen and oxygen atoms in total. The van der Waals surface area contributed by atoms with Crippen molar-refractivity contribution in [3.8, 4) is 0 Å². The lowest BCUT2D eigenvalue weighted by Gasteiger charge is -2.34. The van der Waals surface area contributed by atoms with Gasteiger partial charge in [0.1, 0.15) is 5.82 Å². The van der Waals surface area contributed by atoms with Gasteiger partial charge in [0.25, 0.3) is 5.91 Å². The van der Waals surface area contributed by atoms with Crippen LogP contribution >= 0.6 is 0 Å². The van der Waals surface area contributed by atoms with Gasteiger partial charge in [0.05, 0.1) is 11.7 Å². The number of halogens is 1. The SMILES string of the molecule is O=C(Nc1ccc(N2CCC(NCC3CCCO3)CC2)cc1)c1ccccc1F. The highest BCUT2D eigenvalue weighted by Gasteiger charge is 2.22. The molecule has 1 amide bonds. The number of carbonyl (C=O) groups excluding carboxylic acids is 1. The van der Waals surface area contributed by atoms with E-state index in [1.807, 2.05) is 24.3 Å². The molecule has 2 saturated heterocycles. The zero-order valence-corrected chi connectivity index (χ0v) is 16.6. The predicted octanol–water partition coefficient (Wildman–Crippen LogP) is 3.82. The van der Waals surface area contributed by atoms with Gasteiger partial charge in [-0.3, -0.25) is 4.79 Å². The minimum atomic E-state index is -0.516. The number of hydrogen-bond acceptors (Lipinski definition) is 4. The van der Waals surface area contributed by atoms with Gasteiger partial charge in [-0.2, -0.15) is 0 Å². The molecule has 1 unspecified atom stereocenters. The number of carbonyl (C=O) groups is 1. The highest BCUT2D eigenvalue weighted by molar-refractivity contribution is 6.04. The quantitative estimate of drug-likeness (QED) is 0.778. The normalized spacial score (nSPS) is 20.0. The van der Waals surface area contributed by atoms with Gasteiger partial charge >= 0.3 is 0 Å². The van der Waals surface area contributed by atoms with Gasteiger partial charge in [-0.15, -0.1) is 0 Å². The molecule has 4 rings (SSSR count). The van der Waals surface area contributed by atoms with Crippen LogP contribution in [0.5, 0.6) is 0 Å². The molecule has 0 radical (unpaired) electrons. The van der Waals surface area contributed by atoms with E-state index in [2.05, 4.69) is 15.5 Å². The highest BCUT2D eigenvalue weighted by Crippen LogP contribution is 2.23. The number of nitrogens with zero attached hydrogens (tertiary/aromatic N) is 1. The summed E-state index contributed by atoms with van der Waals surface area (Å²) in [5.74, 6) is -0.952. The fraction of sp³-hybridized carbons (Fsp3) is 0.435. The molecule has 0 aromatic heterocycles. The lowest BCUT2D eigenvalue weighted by molar-refractivity contribution is 0.102. The number of ether oxygens (including phenoxy) is 1. The predicted molar refractivity (Wildman–Crippen MR) is 113 cm³/mol. The van der Waals surface area contributed by atoms with Crippen LogP contribution in [0.4, 0.5) is 15.8 Å². The molecule has 1 atom stereocenters. The first-order valence-corrected chi connectivity index (χ1v) is 10.4. The minimum Gasteiger partial charge on any atom is -0.377 e. The second-order valence-electron chi connectivity index (χ2n) is 7.79. The van der Waals surface area contributed by atoms with E-state index in [0.717, 1.165) is 44.8 Å². The second kappa shape index (κ2) is 9.37. The average molecular weight is 397 g/mol.